The molecule has 0 bridgehead atoms. The van der Waals surface area contributed by atoms with Gasteiger partial charge in [0.1, 0.15) is 17.2 Å². The van der Waals surface area contributed by atoms with E-state index in [0.717, 1.165) is 41.2 Å². The summed E-state index contributed by atoms with van der Waals surface area (Å²) in [4.78, 5) is 12.3. The predicted molar refractivity (Wildman–Crippen MR) is 134 cm³/mol. The molecule has 0 fully saturated rings. The third kappa shape index (κ3) is 8.14. The molecule has 0 unspecified atom stereocenters. The van der Waals surface area contributed by atoms with Crippen LogP contribution in [0.1, 0.15) is 44.2 Å². The molecule has 176 valence electrons. The van der Waals surface area contributed by atoms with E-state index >= 15 is 0 Å². The highest BCUT2D eigenvalue weighted by atomic mass is 32.1. The Balaban J connectivity index is 0.000000363. The minimum absolute atomic E-state index is 0.150. The van der Waals surface area contributed by atoms with Crippen LogP contribution in [0.3, 0.4) is 0 Å². The van der Waals surface area contributed by atoms with Crippen LogP contribution in [-0.2, 0) is 4.79 Å². The second-order valence-corrected chi connectivity index (χ2v) is 7.91. The molecule has 0 saturated carbocycles. The van der Waals surface area contributed by atoms with Crippen LogP contribution in [0.15, 0.2) is 30.3 Å². The average Bonchev–Trinajstić information content (AvgIpc) is 2.75. The number of benzene rings is 2. The number of aryl methyl sites for hydroxylation is 1. The number of anilines is 2. The summed E-state index contributed by atoms with van der Waals surface area (Å²) in [6, 6.07) is 8.89. The number of thiocarbonyl (C=S) groups is 1. The molecule has 0 heterocycles. The molecule has 0 aromatic heterocycles. The fourth-order valence-corrected chi connectivity index (χ4v) is 3.13. The van der Waals surface area contributed by atoms with Crippen LogP contribution in [-0.4, -0.2) is 42.4 Å². The molecule has 0 radical (unpaired) electrons. The standard InChI is InChI=1S/C13H20N4O2S.C10H14O2/c1-4-7-17(2)11-8-10(5-6-12(11)19-3)15-13(20)16-14-9-18;1-6(2)8-4-7(3)9(11)5-10(8)12/h5-6,8-9H,4,7H2,1-3H3,(H,14,18)(H2,15,16,20);4-6,11-12H,1-3H3. The topological polar surface area (TPSA) is 106 Å². The second kappa shape index (κ2) is 13.3. The van der Waals surface area contributed by atoms with Crippen LogP contribution in [0.4, 0.5) is 11.4 Å². The Morgan fingerprint density at radius 2 is 1.91 bits per heavy atom. The number of aromatic hydroxyl groups is 2. The number of amides is 1. The number of carbonyl (C=O) groups is 1. The van der Waals surface area contributed by atoms with Crippen molar-refractivity contribution >= 4 is 35.1 Å². The highest BCUT2D eigenvalue weighted by molar-refractivity contribution is 7.80. The first kappa shape index (κ1) is 26.8. The SMILES string of the molecule is CCCN(C)c1cc(NC(=S)NNC=O)ccc1OC.Cc1cc(C(C)C)c(O)cc1O. The van der Waals surface area contributed by atoms with Gasteiger partial charge in [0, 0.05) is 25.3 Å². The van der Waals surface area contributed by atoms with Crippen LogP contribution in [0.5, 0.6) is 17.2 Å². The number of ether oxygens (including phenoxy) is 1. The van der Waals surface area contributed by atoms with E-state index in [-0.39, 0.29) is 17.4 Å². The molecule has 2 rings (SSSR count). The van der Waals surface area contributed by atoms with Gasteiger partial charge in [-0.15, -0.1) is 0 Å². The quantitative estimate of drug-likeness (QED) is 0.228. The van der Waals surface area contributed by atoms with E-state index in [1.807, 2.05) is 52.1 Å². The summed E-state index contributed by atoms with van der Waals surface area (Å²) in [5, 5.41) is 22.0. The van der Waals surface area contributed by atoms with E-state index < -0.39 is 0 Å². The lowest BCUT2D eigenvalue weighted by Crippen LogP contribution is -2.39. The zero-order valence-electron chi connectivity index (χ0n) is 19.5. The summed E-state index contributed by atoms with van der Waals surface area (Å²) in [5.41, 5.74) is 8.29. The summed E-state index contributed by atoms with van der Waals surface area (Å²) in [6.45, 7) is 8.88. The van der Waals surface area contributed by atoms with Gasteiger partial charge >= 0.3 is 0 Å². The van der Waals surface area contributed by atoms with Crippen molar-refractivity contribution in [2.45, 2.75) is 40.0 Å². The van der Waals surface area contributed by atoms with E-state index in [1.54, 1.807) is 7.11 Å². The molecule has 2 aromatic rings. The van der Waals surface area contributed by atoms with Gasteiger partial charge < -0.3 is 25.2 Å². The van der Waals surface area contributed by atoms with Crippen LogP contribution in [0.25, 0.3) is 0 Å². The summed E-state index contributed by atoms with van der Waals surface area (Å²) >= 11 is 5.03. The molecule has 2 aromatic carbocycles. The lowest BCUT2D eigenvalue weighted by atomic mass is 9.99. The molecule has 0 aliphatic carbocycles. The molecular weight excluding hydrogens is 428 g/mol. The first-order chi connectivity index (χ1) is 15.1. The number of methoxy groups -OCH3 is 1. The summed E-state index contributed by atoms with van der Waals surface area (Å²) in [6.07, 6.45) is 1.56. The minimum Gasteiger partial charge on any atom is -0.508 e. The second-order valence-electron chi connectivity index (χ2n) is 7.50. The number of hydrazine groups is 1. The van der Waals surface area contributed by atoms with E-state index in [0.29, 0.717) is 11.5 Å². The van der Waals surface area contributed by atoms with Crippen molar-refractivity contribution in [3.8, 4) is 17.2 Å². The summed E-state index contributed by atoms with van der Waals surface area (Å²) in [7, 11) is 3.65. The Morgan fingerprint density at radius 3 is 2.47 bits per heavy atom. The van der Waals surface area contributed by atoms with Gasteiger partial charge in [0.25, 0.3) is 0 Å². The smallest absolute Gasteiger partial charge is 0.225 e. The van der Waals surface area contributed by atoms with Crippen LogP contribution in [0, 0.1) is 6.92 Å². The first-order valence-corrected chi connectivity index (χ1v) is 10.7. The average molecular weight is 463 g/mol. The molecule has 0 atom stereocenters. The van der Waals surface area contributed by atoms with Crippen LogP contribution >= 0.6 is 12.2 Å². The zero-order chi connectivity index (χ0) is 24.3. The number of nitrogens with zero attached hydrogens (tertiary/aromatic N) is 1. The molecule has 32 heavy (non-hydrogen) atoms. The fraction of sp³-hybridized carbons (Fsp3) is 0.391. The number of phenolic OH excluding ortho intramolecular Hbond substituents is 2. The Labute approximate surface area is 195 Å². The highest BCUT2D eigenvalue weighted by Gasteiger charge is 2.10. The fourth-order valence-electron chi connectivity index (χ4n) is 2.95. The van der Waals surface area contributed by atoms with Crippen molar-refractivity contribution < 1.29 is 19.7 Å². The number of nitrogens with one attached hydrogen (secondary N) is 3. The van der Waals surface area contributed by atoms with Gasteiger partial charge in [0.15, 0.2) is 5.11 Å². The van der Waals surface area contributed by atoms with Crippen molar-refractivity contribution in [1.29, 1.82) is 0 Å². The number of phenols is 2. The maximum atomic E-state index is 10.2. The predicted octanol–water partition coefficient (Wildman–Crippen LogP) is 4.02. The number of hydrogen-bond acceptors (Lipinski definition) is 6. The third-order valence-corrected chi connectivity index (χ3v) is 4.82. The summed E-state index contributed by atoms with van der Waals surface area (Å²) < 4.78 is 5.36. The molecular formula is C23H34N4O4S. The van der Waals surface area contributed by atoms with Gasteiger partial charge in [-0.1, -0.05) is 20.8 Å². The van der Waals surface area contributed by atoms with Crippen molar-refractivity contribution in [1.82, 2.24) is 10.9 Å². The van der Waals surface area contributed by atoms with Crippen molar-refractivity contribution in [2.75, 3.05) is 30.9 Å². The molecule has 1 amide bonds. The molecule has 8 nitrogen and oxygen atoms in total. The lowest BCUT2D eigenvalue weighted by Gasteiger charge is -2.22. The van der Waals surface area contributed by atoms with Crippen molar-refractivity contribution in [3.05, 3.63) is 41.5 Å². The zero-order valence-corrected chi connectivity index (χ0v) is 20.3. The first-order valence-electron chi connectivity index (χ1n) is 10.3. The maximum Gasteiger partial charge on any atom is 0.225 e. The van der Waals surface area contributed by atoms with Gasteiger partial charge in [-0.25, -0.2) is 0 Å². The molecule has 0 aliphatic rings. The number of rotatable bonds is 8. The number of hydrogen-bond donors (Lipinski definition) is 5. The normalized spacial score (nSPS) is 9.97. The van der Waals surface area contributed by atoms with Crippen molar-refractivity contribution in [2.24, 2.45) is 0 Å². The van der Waals surface area contributed by atoms with Crippen LogP contribution in [0.2, 0.25) is 0 Å². The van der Waals surface area contributed by atoms with E-state index in [1.165, 1.54) is 6.07 Å². The Bertz CT molecular complexity index is 906. The van der Waals surface area contributed by atoms with E-state index in [2.05, 4.69) is 28.0 Å². The van der Waals surface area contributed by atoms with Gasteiger partial charge in [0.05, 0.1) is 12.8 Å². The monoisotopic (exact) mass is 462 g/mol. The van der Waals surface area contributed by atoms with Gasteiger partial charge in [-0.3, -0.25) is 15.6 Å². The van der Waals surface area contributed by atoms with Crippen LogP contribution < -0.4 is 25.8 Å². The summed E-state index contributed by atoms with van der Waals surface area (Å²) in [5.74, 6) is 1.41. The number of carbonyl (C=O) groups excluding carboxylic acids is 1. The third-order valence-electron chi connectivity index (χ3n) is 4.62. The largest absolute Gasteiger partial charge is 0.508 e. The Kier molecular flexibility index (Phi) is 11.1. The molecule has 0 spiro atoms. The highest BCUT2D eigenvalue weighted by Crippen LogP contribution is 2.32. The Hall–Kier alpha value is -3.20. The maximum absolute atomic E-state index is 10.2. The molecule has 0 aliphatic heterocycles. The Morgan fingerprint density at radius 1 is 1.22 bits per heavy atom. The lowest BCUT2D eigenvalue weighted by molar-refractivity contribution is -0.110. The van der Waals surface area contributed by atoms with Gasteiger partial charge in [-0.05, 0) is 66.9 Å². The van der Waals surface area contributed by atoms with Gasteiger partial charge in [0.2, 0.25) is 6.41 Å². The molecule has 9 heteroatoms. The van der Waals surface area contributed by atoms with Crippen molar-refractivity contribution in [3.63, 3.8) is 0 Å². The van der Waals surface area contributed by atoms with E-state index in [4.69, 9.17) is 17.0 Å². The van der Waals surface area contributed by atoms with E-state index in [9.17, 15) is 15.0 Å². The molecule has 0 saturated heterocycles. The van der Waals surface area contributed by atoms with Gasteiger partial charge in [-0.2, -0.15) is 0 Å². The minimum atomic E-state index is 0.150. The molecule has 5 N–H and O–H groups in total.